The van der Waals surface area contributed by atoms with Crippen LogP contribution >= 0.6 is 23.2 Å². The number of benzene rings is 2. The predicted molar refractivity (Wildman–Crippen MR) is 184 cm³/mol. The summed E-state index contributed by atoms with van der Waals surface area (Å²) >= 11 is 12.3. The Labute approximate surface area is 291 Å². The molecule has 3 heterocycles. The molecule has 3 fully saturated rings. The molecule has 2 aromatic carbocycles. The van der Waals surface area contributed by atoms with E-state index >= 15 is 0 Å². The van der Waals surface area contributed by atoms with Crippen molar-refractivity contribution in [3.8, 4) is 0 Å². The normalized spacial score (nSPS) is 26.8. The van der Waals surface area contributed by atoms with Crippen molar-refractivity contribution in [2.45, 2.75) is 77.0 Å². The standard InChI is InChI=1S/C36H41Cl2N5O5/c1-35(2,3)48-34(47)41-18-6-8-25(20-41)36(4)32(45)42(33(46)39-36)21-29(44)43-31(23-12-16-27(38)17-13-23)28-9-5-7-24(30(28)40-43)19-22-10-14-26(37)15-11-22/h10-17,19,25,28,31H,5-9,18,20-21H2,1-4H3,(H,39,46)/b24-19-. The highest BCUT2D eigenvalue weighted by Gasteiger charge is 2.55. The molecule has 3 aliphatic heterocycles. The van der Waals surface area contributed by atoms with Gasteiger partial charge in [-0.3, -0.25) is 14.5 Å². The van der Waals surface area contributed by atoms with Crippen molar-refractivity contribution >= 4 is 58.9 Å². The Balaban J connectivity index is 1.25. The molecule has 5 amide bonds. The maximum atomic E-state index is 14.2. The lowest BCUT2D eigenvalue weighted by Gasteiger charge is -2.40. The van der Waals surface area contributed by atoms with Crippen LogP contribution in [-0.4, -0.2) is 75.2 Å². The van der Waals surface area contributed by atoms with E-state index in [-0.39, 0.29) is 18.4 Å². The monoisotopic (exact) mass is 693 g/mol. The molecule has 0 aromatic heterocycles. The molecular weight excluding hydrogens is 653 g/mol. The number of likely N-dealkylation sites (tertiary alicyclic amines) is 1. The first kappa shape index (κ1) is 34.0. The number of nitrogens with one attached hydrogen (secondary N) is 1. The molecule has 12 heteroatoms. The van der Waals surface area contributed by atoms with Gasteiger partial charge < -0.3 is 15.0 Å². The van der Waals surface area contributed by atoms with Crippen molar-refractivity contribution in [2.24, 2.45) is 16.9 Å². The van der Waals surface area contributed by atoms with Gasteiger partial charge in [0, 0.05) is 35.0 Å². The molecule has 4 atom stereocenters. The predicted octanol–water partition coefficient (Wildman–Crippen LogP) is 7.07. The van der Waals surface area contributed by atoms with Gasteiger partial charge in [0.1, 0.15) is 17.7 Å². The number of urea groups is 1. The van der Waals surface area contributed by atoms with Gasteiger partial charge in [-0.25, -0.2) is 14.6 Å². The van der Waals surface area contributed by atoms with Crippen LogP contribution in [-0.2, 0) is 14.3 Å². The zero-order valence-corrected chi connectivity index (χ0v) is 29.2. The van der Waals surface area contributed by atoms with E-state index < -0.39 is 47.7 Å². The minimum absolute atomic E-state index is 0.0723. The number of imide groups is 1. The molecule has 1 aliphatic carbocycles. The summed E-state index contributed by atoms with van der Waals surface area (Å²) in [6.45, 7) is 7.38. The van der Waals surface area contributed by atoms with Crippen LogP contribution in [0.3, 0.4) is 0 Å². The molecule has 0 bridgehead atoms. The molecule has 254 valence electrons. The van der Waals surface area contributed by atoms with E-state index in [9.17, 15) is 19.2 Å². The summed E-state index contributed by atoms with van der Waals surface area (Å²) in [5.74, 6) is -1.38. The molecule has 2 saturated heterocycles. The van der Waals surface area contributed by atoms with Crippen molar-refractivity contribution < 1.29 is 23.9 Å². The van der Waals surface area contributed by atoms with Crippen molar-refractivity contribution in [3.05, 3.63) is 75.3 Å². The van der Waals surface area contributed by atoms with Gasteiger partial charge in [0.05, 0.1) is 11.8 Å². The minimum Gasteiger partial charge on any atom is -0.444 e. The van der Waals surface area contributed by atoms with Crippen LogP contribution in [0.4, 0.5) is 9.59 Å². The van der Waals surface area contributed by atoms with Crippen LogP contribution in [0, 0.1) is 11.8 Å². The van der Waals surface area contributed by atoms with Gasteiger partial charge in [-0.05, 0) is 107 Å². The van der Waals surface area contributed by atoms with Gasteiger partial charge >= 0.3 is 12.1 Å². The molecule has 2 aromatic rings. The fourth-order valence-corrected chi connectivity index (χ4v) is 7.50. The number of hydrazone groups is 1. The summed E-state index contributed by atoms with van der Waals surface area (Å²) in [6, 6.07) is 13.9. The molecule has 1 saturated carbocycles. The number of ether oxygens (including phenoxy) is 1. The van der Waals surface area contributed by atoms with Gasteiger partial charge in [0.2, 0.25) is 0 Å². The zero-order valence-electron chi connectivity index (χ0n) is 27.7. The molecule has 1 N–H and O–H groups in total. The van der Waals surface area contributed by atoms with E-state index in [4.69, 9.17) is 33.0 Å². The first-order chi connectivity index (χ1) is 22.7. The number of piperidine rings is 1. The molecule has 4 aliphatic rings. The molecule has 48 heavy (non-hydrogen) atoms. The maximum Gasteiger partial charge on any atom is 0.410 e. The van der Waals surface area contributed by atoms with Gasteiger partial charge in [-0.1, -0.05) is 47.5 Å². The third kappa shape index (κ3) is 6.83. The Morgan fingerprint density at radius 1 is 1.02 bits per heavy atom. The van der Waals surface area contributed by atoms with Gasteiger partial charge in [0.15, 0.2) is 0 Å². The number of hydrogen-bond donors (Lipinski definition) is 1. The number of carbonyl (C=O) groups excluding carboxylic acids is 4. The first-order valence-corrected chi connectivity index (χ1v) is 17.2. The second-order valence-corrected chi connectivity index (χ2v) is 15.1. The van der Waals surface area contributed by atoms with Crippen molar-refractivity contribution in [2.75, 3.05) is 19.6 Å². The fraction of sp³-hybridized carbons (Fsp3) is 0.472. The van der Waals surface area contributed by atoms with E-state index in [1.807, 2.05) is 36.4 Å². The summed E-state index contributed by atoms with van der Waals surface area (Å²) in [5.41, 5.74) is 1.78. The van der Waals surface area contributed by atoms with Crippen molar-refractivity contribution in [1.82, 2.24) is 20.1 Å². The summed E-state index contributed by atoms with van der Waals surface area (Å²) in [7, 11) is 0. The van der Waals surface area contributed by atoms with E-state index in [1.165, 1.54) is 5.01 Å². The Bertz CT molecular complexity index is 1670. The summed E-state index contributed by atoms with van der Waals surface area (Å²) < 4.78 is 5.56. The third-order valence-electron chi connectivity index (χ3n) is 9.66. The lowest BCUT2D eigenvalue weighted by Crippen LogP contribution is -2.57. The maximum absolute atomic E-state index is 14.2. The number of carbonyl (C=O) groups is 4. The van der Waals surface area contributed by atoms with Crippen molar-refractivity contribution in [1.29, 1.82) is 0 Å². The largest absolute Gasteiger partial charge is 0.444 e. The average molecular weight is 695 g/mol. The quantitative estimate of drug-likeness (QED) is 0.337. The SMILES string of the molecule is CC(C)(C)OC(=O)N1CCCC(C2(C)NC(=O)N(CC(=O)N3N=C4/C(=C\c5ccc(Cl)cc5)CCCC4C3c3ccc(Cl)cc3)C2=O)C1. The number of amides is 5. The highest BCUT2D eigenvalue weighted by molar-refractivity contribution is 6.30. The van der Waals surface area contributed by atoms with E-state index in [2.05, 4.69) is 11.4 Å². The van der Waals surface area contributed by atoms with Gasteiger partial charge in [0.25, 0.3) is 11.8 Å². The Hall–Kier alpha value is -3.89. The second kappa shape index (κ2) is 13.2. The summed E-state index contributed by atoms with van der Waals surface area (Å²) in [5, 5.41) is 10.4. The third-order valence-corrected chi connectivity index (χ3v) is 10.2. The highest BCUT2D eigenvalue weighted by Crippen LogP contribution is 2.45. The van der Waals surface area contributed by atoms with Gasteiger partial charge in [-0.2, -0.15) is 5.10 Å². The zero-order chi connectivity index (χ0) is 34.4. The number of rotatable bonds is 5. The lowest BCUT2D eigenvalue weighted by molar-refractivity contribution is -0.141. The first-order valence-electron chi connectivity index (χ1n) is 16.5. The molecular formula is C36H41Cl2N5O5. The smallest absolute Gasteiger partial charge is 0.410 e. The van der Waals surface area contributed by atoms with Crippen LogP contribution in [0.1, 0.15) is 77.0 Å². The van der Waals surface area contributed by atoms with Gasteiger partial charge in [-0.15, -0.1) is 0 Å². The van der Waals surface area contributed by atoms with Crippen molar-refractivity contribution in [3.63, 3.8) is 0 Å². The Morgan fingerprint density at radius 2 is 1.69 bits per heavy atom. The lowest BCUT2D eigenvalue weighted by atomic mass is 9.77. The van der Waals surface area contributed by atoms with Crippen LogP contribution in [0.5, 0.6) is 0 Å². The molecule has 4 unspecified atom stereocenters. The molecule has 0 radical (unpaired) electrons. The minimum atomic E-state index is -1.28. The fourth-order valence-electron chi connectivity index (χ4n) is 7.24. The molecule has 0 spiro atoms. The topological polar surface area (TPSA) is 112 Å². The Kier molecular flexibility index (Phi) is 9.34. The van der Waals surface area contributed by atoms with E-state index in [0.717, 1.165) is 46.6 Å². The van der Waals surface area contributed by atoms with Crippen LogP contribution in [0.15, 0.2) is 59.2 Å². The van der Waals surface area contributed by atoms with Crippen LogP contribution < -0.4 is 5.32 Å². The van der Waals surface area contributed by atoms with E-state index in [1.54, 1.807) is 44.7 Å². The Morgan fingerprint density at radius 3 is 2.35 bits per heavy atom. The van der Waals surface area contributed by atoms with Crippen LogP contribution in [0.2, 0.25) is 10.0 Å². The average Bonchev–Trinajstić information content (AvgIpc) is 3.54. The number of fused-ring (bicyclic) bond motifs is 1. The summed E-state index contributed by atoms with van der Waals surface area (Å²) in [6.07, 6.45) is 5.47. The van der Waals surface area contributed by atoms with E-state index in [0.29, 0.717) is 29.4 Å². The number of hydrogen-bond acceptors (Lipinski definition) is 6. The second-order valence-electron chi connectivity index (χ2n) is 14.2. The molecule has 10 nitrogen and oxygen atoms in total. The van der Waals surface area contributed by atoms with Crippen LogP contribution in [0.25, 0.3) is 6.08 Å². The number of nitrogens with zero attached hydrogens (tertiary/aromatic N) is 4. The number of halogens is 2. The number of allylic oxidation sites excluding steroid dienone is 1. The molecule has 6 rings (SSSR count). The summed E-state index contributed by atoms with van der Waals surface area (Å²) in [4.78, 5) is 56.9. The highest BCUT2D eigenvalue weighted by atomic mass is 35.5.